The van der Waals surface area contributed by atoms with Crippen molar-refractivity contribution in [2.24, 2.45) is 0 Å². The van der Waals surface area contributed by atoms with E-state index >= 15 is 0 Å². The molecule has 0 N–H and O–H groups in total. The molecule has 1 aliphatic rings. The van der Waals surface area contributed by atoms with Gasteiger partial charge in [0.05, 0.1) is 9.81 Å². The summed E-state index contributed by atoms with van der Waals surface area (Å²) in [6.45, 7) is 26.5. The predicted octanol–water partition coefficient (Wildman–Crippen LogP) is 14.5. The highest BCUT2D eigenvalue weighted by molar-refractivity contribution is 8.39. The maximum Gasteiger partial charge on any atom is 0.0534 e. The van der Waals surface area contributed by atoms with E-state index in [2.05, 4.69) is 208 Å². The van der Waals surface area contributed by atoms with Crippen LogP contribution < -0.4 is 19.6 Å². The molecule has 0 unspecified atom stereocenters. The van der Waals surface area contributed by atoms with E-state index in [-0.39, 0.29) is 0 Å². The number of allylic oxidation sites excluding steroid dienone is 4. The van der Waals surface area contributed by atoms with Crippen molar-refractivity contribution in [2.45, 2.75) is 107 Å². The van der Waals surface area contributed by atoms with Gasteiger partial charge in [0.1, 0.15) is 0 Å². The molecule has 0 bridgehead atoms. The molecular weight excluding hydrogens is 785 g/mol. The predicted molar refractivity (Wildman–Crippen MR) is 284 cm³/mol. The Balaban J connectivity index is 1.77. The first-order chi connectivity index (χ1) is 30.7. The molecule has 0 fully saturated rings. The zero-order valence-corrected chi connectivity index (χ0v) is 41.6. The lowest BCUT2D eigenvalue weighted by molar-refractivity contribution is 0.736. The van der Waals surface area contributed by atoms with Crippen LogP contribution in [0.3, 0.4) is 0 Å². The third-order valence-corrected chi connectivity index (χ3v) is 14.4. The molecule has 0 atom stereocenters. The van der Waals surface area contributed by atoms with Crippen molar-refractivity contribution in [1.29, 1.82) is 0 Å². The fourth-order valence-corrected chi connectivity index (χ4v) is 11.2. The van der Waals surface area contributed by atoms with E-state index in [1.807, 2.05) is 0 Å². The molecule has 0 saturated carbocycles. The summed E-state index contributed by atoms with van der Waals surface area (Å²) >= 11 is 0. The minimum Gasteiger partial charge on any atom is -0.371 e. The third-order valence-electron chi connectivity index (χ3n) is 11.7. The van der Waals surface area contributed by atoms with Gasteiger partial charge >= 0.3 is 0 Å². The van der Waals surface area contributed by atoms with E-state index in [9.17, 15) is 0 Å². The van der Waals surface area contributed by atoms with Crippen LogP contribution in [0.15, 0.2) is 107 Å². The zero-order chi connectivity index (χ0) is 45.2. The summed E-state index contributed by atoms with van der Waals surface area (Å²) in [6, 6.07) is 36.1. The highest BCUT2D eigenvalue weighted by Gasteiger charge is 2.37. The molecule has 336 valence electrons. The van der Waals surface area contributed by atoms with Crippen molar-refractivity contribution >= 4 is 43.9 Å². The van der Waals surface area contributed by atoms with Gasteiger partial charge in [0, 0.05) is 97.4 Å². The van der Waals surface area contributed by atoms with Gasteiger partial charge in [-0.3, -0.25) is 0 Å². The lowest BCUT2D eigenvalue weighted by atomic mass is 9.91. The standard InChI is InChI=1S/C58H78N4S/c1-11-33-59(34-12-2)51-41-47(42-52(45-51)60(35-13-3)36-14-4)29-31-55-57(49-25-21-19-22-26-49)58(50-27-23-20-24-28-50)56(63(55,9)10)32-30-48-43-53(61(37-15-5)38-16-6)46-54(44-48)62(39-17-7)40-18-8/h19-28,41-46H,11-18,33-40H2,1-10H3. The number of nitrogens with zero attached hydrogens (tertiary/aromatic N) is 4. The first-order valence-corrected chi connectivity index (χ1v) is 26.8. The molecule has 4 nitrogen and oxygen atoms in total. The van der Waals surface area contributed by atoms with Gasteiger partial charge in [-0.05, 0) is 111 Å². The monoisotopic (exact) mass is 863 g/mol. The molecule has 0 spiro atoms. The lowest BCUT2D eigenvalue weighted by Gasteiger charge is -2.29. The van der Waals surface area contributed by atoms with Gasteiger partial charge in [-0.1, -0.05) is 140 Å². The molecule has 4 aromatic carbocycles. The minimum atomic E-state index is -1.67. The summed E-state index contributed by atoms with van der Waals surface area (Å²) < 4.78 is 0. The topological polar surface area (TPSA) is 13.0 Å². The quantitative estimate of drug-likeness (QED) is 0.0730. The fraction of sp³-hybridized carbons (Fsp3) is 0.448. The Morgan fingerprint density at radius 1 is 0.349 bits per heavy atom. The SMILES string of the molecule is CCCN(CCC)c1cc(C#CC2=C(c3ccccc3)C(c3ccccc3)=C(C#Cc3cc(N(CCC)CCC)cc(N(CCC)CCC)c3)S2(C)C)cc(N(CCC)CCC)c1. The molecule has 0 aromatic heterocycles. The normalized spacial score (nSPS) is 13.6. The first kappa shape index (κ1) is 49.1. The van der Waals surface area contributed by atoms with Crippen LogP contribution in [0.4, 0.5) is 22.7 Å². The summed E-state index contributed by atoms with van der Waals surface area (Å²) in [6.07, 6.45) is 13.7. The summed E-state index contributed by atoms with van der Waals surface area (Å²) in [7, 11) is -1.67. The van der Waals surface area contributed by atoms with Crippen molar-refractivity contribution in [1.82, 2.24) is 0 Å². The number of anilines is 4. The number of hydrogen-bond donors (Lipinski definition) is 0. The molecule has 0 radical (unpaired) electrons. The molecule has 1 heterocycles. The third kappa shape index (κ3) is 12.6. The van der Waals surface area contributed by atoms with Gasteiger partial charge in [0.2, 0.25) is 0 Å². The maximum absolute atomic E-state index is 3.94. The van der Waals surface area contributed by atoms with E-state index in [1.165, 1.54) is 54.8 Å². The highest BCUT2D eigenvalue weighted by Crippen LogP contribution is 2.67. The fourth-order valence-electron chi connectivity index (χ4n) is 8.94. The molecule has 1 aliphatic heterocycles. The van der Waals surface area contributed by atoms with Crippen LogP contribution in [0.1, 0.15) is 129 Å². The molecular formula is C58H78N4S. The van der Waals surface area contributed by atoms with E-state index < -0.39 is 10.0 Å². The molecule has 0 aliphatic carbocycles. The summed E-state index contributed by atoms with van der Waals surface area (Å²) in [5.41, 5.74) is 12.1. The molecule has 63 heavy (non-hydrogen) atoms. The van der Waals surface area contributed by atoms with E-state index in [0.29, 0.717) is 0 Å². The van der Waals surface area contributed by atoms with Crippen molar-refractivity contribution in [3.63, 3.8) is 0 Å². The van der Waals surface area contributed by atoms with Gasteiger partial charge in [-0.2, -0.15) is 10.0 Å². The van der Waals surface area contributed by atoms with E-state index in [1.54, 1.807) is 0 Å². The number of rotatable bonds is 22. The van der Waals surface area contributed by atoms with Crippen LogP contribution in [0.5, 0.6) is 0 Å². The molecule has 0 amide bonds. The van der Waals surface area contributed by atoms with Crippen LogP contribution in [-0.4, -0.2) is 64.9 Å². The van der Waals surface area contributed by atoms with Gasteiger partial charge in [0.15, 0.2) is 0 Å². The van der Waals surface area contributed by atoms with E-state index in [0.717, 1.165) is 115 Å². The summed E-state index contributed by atoms with van der Waals surface area (Å²) in [5, 5.41) is 0. The number of hydrogen-bond acceptors (Lipinski definition) is 4. The van der Waals surface area contributed by atoms with Crippen molar-refractivity contribution < 1.29 is 0 Å². The summed E-state index contributed by atoms with van der Waals surface area (Å²) in [5.74, 6) is 15.5. The van der Waals surface area contributed by atoms with Gasteiger partial charge < -0.3 is 19.6 Å². The van der Waals surface area contributed by atoms with Gasteiger partial charge in [0.25, 0.3) is 0 Å². The van der Waals surface area contributed by atoms with Crippen LogP contribution >= 0.6 is 10.0 Å². The molecule has 5 rings (SSSR count). The molecule has 0 saturated heterocycles. The highest BCUT2D eigenvalue weighted by atomic mass is 32.3. The Labute approximate surface area is 386 Å². The van der Waals surface area contributed by atoms with Crippen molar-refractivity contribution in [3.8, 4) is 23.7 Å². The molecule has 5 heteroatoms. The number of benzene rings is 4. The largest absolute Gasteiger partial charge is 0.371 e. The average molecular weight is 863 g/mol. The van der Waals surface area contributed by atoms with Crippen molar-refractivity contribution in [2.75, 3.05) is 84.5 Å². The Bertz CT molecular complexity index is 2000. The van der Waals surface area contributed by atoms with E-state index in [4.69, 9.17) is 0 Å². The Morgan fingerprint density at radius 3 is 0.841 bits per heavy atom. The maximum atomic E-state index is 3.94. The Kier molecular flexibility index (Phi) is 19.3. The molecule has 4 aromatic rings. The average Bonchev–Trinajstić information content (AvgIpc) is 3.52. The second kappa shape index (κ2) is 24.8. The van der Waals surface area contributed by atoms with Crippen molar-refractivity contribution in [3.05, 3.63) is 129 Å². The summed E-state index contributed by atoms with van der Waals surface area (Å²) in [4.78, 5) is 12.6. The minimum absolute atomic E-state index is 1.04. The smallest absolute Gasteiger partial charge is 0.0534 e. The van der Waals surface area contributed by atoms with Crippen LogP contribution in [0.25, 0.3) is 11.1 Å². The zero-order valence-electron chi connectivity index (χ0n) is 40.7. The van der Waals surface area contributed by atoms with Gasteiger partial charge in [-0.25, -0.2) is 0 Å². The van der Waals surface area contributed by atoms with Crippen LogP contribution in [0, 0.1) is 23.7 Å². The first-order valence-electron chi connectivity index (χ1n) is 24.3. The van der Waals surface area contributed by atoms with Crippen LogP contribution in [-0.2, 0) is 0 Å². The second-order valence-corrected chi connectivity index (χ2v) is 20.9. The Morgan fingerprint density at radius 2 is 0.603 bits per heavy atom. The Hall–Kier alpha value is -4.97. The van der Waals surface area contributed by atoms with Gasteiger partial charge in [-0.15, -0.1) is 0 Å². The second-order valence-electron chi connectivity index (χ2n) is 17.4. The van der Waals surface area contributed by atoms with Crippen LogP contribution in [0.2, 0.25) is 0 Å². The lowest BCUT2D eigenvalue weighted by Crippen LogP contribution is -2.27.